The maximum absolute atomic E-state index is 6.01. The van der Waals surface area contributed by atoms with E-state index < -0.39 is 0 Å². The fourth-order valence-corrected chi connectivity index (χ4v) is 4.67. The van der Waals surface area contributed by atoms with E-state index in [1.54, 1.807) is 18.9 Å². The van der Waals surface area contributed by atoms with Crippen molar-refractivity contribution in [3.8, 4) is 5.75 Å². The number of benzene rings is 1. The van der Waals surface area contributed by atoms with E-state index in [2.05, 4.69) is 32.6 Å². The van der Waals surface area contributed by atoms with Gasteiger partial charge in [-0.3, -0.25) is 9.98 Å². The standard InChI is InChI=1S/C22H31N3OS/c1-7-9-15(2)22(14-27-21(23)25-22)16(3)12-17(4)24-18(5)19-10-8-11-20(13-19)26-6/h7-11,13,16-17H,2,12,14H2,1,3-6H3,(H2,23,25). The van der Waals surface area contributed by atoms with E-state index in [9.17, 15) is 0 Å². The summed E-state index contributed by atoms with van der Waals surface area (Å²) in [6.45, 7) is 12.7. The fourth-order valence-electron chi connectivity index (χ4n) is 3.54. The number of hydrogen-bond acceptors (Lipinski definition) is 5. The van der Waals surface area contributed by atoms with Gasteiger partial charge in [0.1, 0.15) is 5.75 Å². The minimum atomic E-state index is -0.338. The zero-order valence-electron chi connectivity index (χ0n) is 17.0. The van der Waals surface area contributed by atoms with Crippen LogP contribution in [0.3, 0.4) is 0 Å². The Morgan fingerprint density at radius 1 is 1.48 bits per heavy atom. The van der Waals surface area contributed by atoms with Gasteiger partial charge in [-0.2, -0.15) is 0 Å². The van der Waals surface area contributed by atoms with E-state index in [0.717, 1.165) is 34.8 Å². The number of hydrogen-bond donors (Lipinski definition) is 1. The van der Waals surface area contributed by atoms with Gasteiger partial charge in [-0.25, -0.2) is 0 Å². The van der Waals surface area contributed by atoms with Gasteiger partial charge in [0.05, 0.1) is 12.6 Å². The molecule has 0 saturated carbocycles. The highest BCUT2D eigenvalue weighted by Gasteiger charge is 2.42. The Kier molecular flexibility index (Phi) is 7.31. The molecule has 2 N–H and O–H groups in total. The first-order valence-corrected chi connectivity index (χ1v) is 10.3. The van der Waals surface area contributed by atoms with Gasteiger partial charge < -0.3 is 10.5 Å². The van der Waals surface area contributed by atoms with E-state index >= 15 is 0 Å². The average Bonchev–Trinajstić information content (AvgIpc) is 3.05. The summed E-state index contributed by atoms with van der Waals surface area (Å²) in [5.41, 5.74) is 8.78. The maximum Gasteiger partial charge on any atom is 0.154 e. The molecule has 1 heterocycles. The minimum absolute atomic E-state index is 0.170. The summed E-state index contributed by atoms with van der Waals surface area (Å²) in [5.74, 6) is 1.97. The number of nitrogens with zero attached hydrogens (tertiary/aromatic N) is 2. The Hall–Kier alpha value is -2.01. The maximum atomic E-state index is 6.01. The lowest BCUT2D eigenvalue weighted by atomic mass is 9.78. The van der Waals surface area contributed by atoms with E-state index in [1.807, 2.05) is 38.1 Å². The molecule has 0 aliphatic carbocycles. The smallest absolute Gasteiger partial charge is 0.154 e. The summed E-state index contributed by atoms with van der Waals surface area (Å²) < 4.78 is 5.31. The predicted molar refractivity (Wildman–Crippen MR) is 119 cm³/mol. The highest BCUT2D eigenvalue weighted by Crippen LogP contribution is 2.41. The Morgan fingerprint density at radius 3 is 2.81 bits per heavy atom. The molecule has 0 aromatic heterocycles. The Balaban J connectivity index is 2.17. The Bertz CT molecular complexity index is 769. The molecule has 1 aromatic carbocycles. The molecule has 3 atom stereocenters. The average molecular weight is 386 g/mol. The first kappa shape index (κ1) is 21.3. The van der Waals surface area contributed by atoms with Gasteiger partial charge in [0.15, 0.2) is 5.17 Å². The Labute approximate surface area is 167 Å². The summed E-state index contributed by atoms with van der Waals surface area (Å²) in [5, 5.41) is 0.649. The van der Waals surface area contributed by atoms with Gasteiger partial charge >= 0.3 is 0 Å². The van der Waals surface area contributed by atoms with Crippen molar-refractivity contribution in [2.24, 2.45) is 21.6 Å². The van der Waals surface area contributed by atoms with E-state index in [1.165, 1.54) is 0 Å². The normalized spacial score (nSPS) is 22.6. The minimum Gasteiger partial charge on any atom is -0.497 e. The van der Waals surface area contributed by atoms with Crippen LogP contribution in [-0.2, 0) is 0 Å². The Morgan fingerprint density at radius 2 is 2.22 bits per heavy atom. The number of amidine groups is 1. The van der Waals surface area contributed by atoms with Gasteiger partial charge in [0, 0.05) is 17.5 Å². The lowest BCUT2D eigenvalue weighted by Gasteiger charge is -2.34. The van der Waals surface area contributed by atoms with Crippen LogP contribution in [0, 0.1) is 5.92 Å². The summed E-state index contributed by atoms with van der Waals surface area (Å²) in [6.07, 6.45) is 4.98. The molecular formula is C22H31N3OS. The number of nitrogens with two attached hydrogens (primary N) is 1. The molecule has 0 radical (unpaired) electrons. The lowest BCUT2D eigenvalue weighted by Crippen LogP contribution is -2.38. The van der Waals surface area contributed by atoms with Crippen molar-refractivity contribution in [2.45, 2.75) is 45.7 Å². The molecule has 0 amide bonds. The fraction of sp³-hybridized carbons (Fsp3) is 0.455. The third kappa shape index (κ3) is 5.04. The molecule has 2 rings (SSSR count). The van der Waals surface area contributed by atoms with E-state index in [0.29, 0.717) is 5.17 Å². The van der Waals surface area contributed by atoms with Crippen LogP contribution >= 0.6 is 11.8 Å². The largest absolute Gasteiger partial charge is 0.497 e. The number of thioether (sulfide) groups is 1. The molecule has 146 valence electrons. The second kappa shape index (κ2) is 9.27. The molecule has 1 aliphatic rings. The molecule has 5 heteroatoms. The molecule has 0 saturated heterocycles. The van der Waals surface area contributed by atoms with Crippen LogP contribution in [0.1, 0.15) is 39.7 Å². The third-order valence-electron chi connectivity index (χ3n) is 5.09. The third-order valence-corrected chi connectivity index (χ3v) is 6.06. The highest BCUT2D eigenvalue weighted by atomic mass is 32.2. The van der Waals surface area contributed by atoms with Crippen LogP contribution < -0.4 is 10.5 Å². The quantitative estimate of drug-likeness (QED) is 0.514. The van der Waals surface area contributed by atoms with Crippen LogP contribution in [0.4, 0.5) is 0 Å². The number of aliphatic imine (C=N–C) groups is 2. The molecule has 0 bridgehead atoms. The molecular weight excluding hydrogens is 354 g/mol. The molecule has 0 spiro atoms. The van der Waals surface area contributed by atoms with Crippen LogP contribution in [0.5, 0.6) is 5.75 Å². The van der Waals surface area contributed by atoms with Gasteiger partial charge in [0.2, 0.25) is 0 Å². The summed E-state index contributed by atoms with van der Waals surface area (Å²) >= 11 is 1.61. The van der Waals surface area contributed by atoms with Crippen LogP contribution in [0.2, 0.25) is 0 Å². The van der Waals surface area contributed by atoms with E-state index in [4.69, 9.17) is 20.5 Å². The lowest BCUT2D eigenvalue weighted by molar-refractivity contribution is 0.346. The number of methoxy groups -OCH3 is 1. The predicted octanol–water partition coefficient (Wildman–Crippen LogP) is 4.85. The summed E-state index contributed by atoms with van der Waals surface area (Å²) in [6, 6.07) is 8.18. The van der Waals surface area contributed by atoms with Crippen molar-refractivity contribution >= 4 is 22.6 Å². The zero-order chi connectivity index (χ0) is 20.0. The topological polar surface area (TPSA) is 60.0 Å². The summed E-state index contributed by atoms with van der Waals surface area (Å²) in [4.78, 5) is 9.71. The molecule has 3 unspecified atom stereocenters. The first-order valence-electron chi connectivity index (χ1n) is 9.31. The molecule has 4 nitrogen and oxygen atoms in total. The van der Waals surface area contributed by atoms with Crippen molar-refractivity contribution < 1.29 is 4.74 Å². The second-order valence-corrected chi connectivity index (χ2v) is 8.12. The van der Waals surface area contributed by atoms with Gasteiger partial charge in [-0.05, 0) is 56.4 Å². The molecule has 1 aliphatic heterocycles. The molecule has 0 fully saturated rings. The number of rotatable bonds is 8. The van der Waals surface area contributed by atoms with Gasteiger partial charge in [-0.15, -0.1) is 0 Å². The van der Waals surface area contributed by atoms with Crippen molar-refractivity contribution in [1.82, 2.24) is 0 Å². The second-order valence-electron chi connectivity index (χ2n) is 7.12. The first-order chi connectivity index (χ1) is 12.8. The van der Waals surface area contributed by atoms with Crippen LogP contribution in [-0.4, -0.2) is 35.3 Å². The van der Waals surface area contributed by atoms with Crippen molar-refractivity contribution in [3.63, 3.8) is 0 Å². The van der Waals surface area contributed by atoms with E-state index in [-0.39, 0.29) is 17.5 Å². The van der Waals surface area contributed by atoms with Crippen LogP contribution in [0.25, 0.3) is 0 Å². The number of ether oxygens (including phenoxy) is 1. The van der Waals surface area contributed by atoms with Crippen LogP contribution in [0.15, 0.2) is 58.6 Å². The SMILES string of the molecule is C=C(C=CC)C1(C(C)CC(C)N=C(C)c2cccc(OC)c2)CSC(N)=N1. The van der Waals surface area contributed by atoms with Crippen molar-refractivity contribution in [3.05, 3.63) is 54.1 Å². The highest BCUT2D eigenvalue weighted by molar-refractivity contribution is 8.14. The van der Waals surface area contributed by atoms with Gasteiger partial charge in [0.25, 0.3) is 0 Å². The van der Waals surface area contributed by atoms with Gasteiger partial charge in [-0.1, -0.05) is 49.5 Å². The molecule has 27 heavy (non-hydrogen) atoms. The zero-order valence-corrected chi connectivity index (χ0v) is 17.8. The summed E-state index contributed by atoms with van der Waals surface area (Å²) in [7, 11) is 1.68. The van der Waals surface area contributed by atoms with Crippen molar-refractivity contribution in [1.29, 1.82) is 0 Å². The number of allylic oxidation sites excluding steroid dienone is 1. The molecule has 1 aromatic rings. The van der Waals surface area contributed by atoms with Crippen molar-refractivity contribution in [2.75, 3.05) is 12.9 Å². The monoisotopic (exact) mass is 385 g/mol.